The molecule has 2 aliphatic rings. The minimum Gasteiger partial charge on any atom is -0.453 e. The Morgan fingerprint density at radius 2 is 2.10 bits per heavy atom. The summed E-state index contributed by atoms with van der Waals surface area (Å²) in [6.45, 7) is 3.75. The summed E-state index contributed by atoms with van der Waals surface area (Å²) < 4.78 is 5.48. The first-order chi connectivity index (χ1) is 13.8. The predicted molar refractivity (Wildman–Crippen MR) is 110 cm³/mol. The molecule has 2 heterocycles. The van der Waals surface area contributed by atoms with Gasteiger partial charge in [-0.25, -0.2) is 9.78 Å². The van der Waals surface area contributed by atoms with Crippen molar-refractivity contribution in [3.63, 3.8) is 0 Å². The number of ether oxygens (including phenoxy) is 1. The molecule has 1 aromatic carbocycles. The van der Waals surface area contributed by atoms with Crippen LogP contribution in [0, 0.1) is 11.8 Å². The van der Waals surface area contributed by atoms with Crippen molar-refractivity contribution < 1.29 is 14.3 Å². The average molecular weight is 463 g/mol. The third kappa shape index (κ3) is 3.63. The molecule has 1 aromatic heterocycles. The van der Waals surface area contributed by atoms with Crippen LogP contribution in [0.25, 0.3) is 10.9 Å². The van der Waals surface area contributed by atoms with Crippen molar-refractivity contribution in [3.05, 3.63) is 38.9 Å². The number of likely N-dealkylation sites (tertiary alicyclic amines) is 1. The summed E-state index contributed by atoms with van der Waals surface area (Å²) in [5.74, 6) is 0.617. The van der Waals surface area contributed by atoms with Crippen LogP contribution in [0.3, 0.4) is 0 Å². The van der Waals surface area contributed by atoms with Gasteiger partial charge in [0.25, 0.3) is 5.56 Å². The number of H-pyrrole nitrogens is 1. The van der Waals surface area contributed by atoms with Gasteiger partial charge in [-0.2, -0.15) is 0 Å². The number of fused-ring (bicyclic) bond motifs is 2. The SMILES string of the molecule is COC(=O)N[C@H](C(=O)N1C2CC2C[C@H]1c1nc2ccc(Br)cc2c(=O)[nH]1)C(C)C. The number of methoxy groups -OCH3 is 1. The highest BCUT2D eigenvalue weighted by Crippen LogP contribution is 2.53. The van der Waals surface area contributed by atoms with Crippen molar-refractivity contribution in [2.75, 3.05) is 7.11 Å². The Kier molecular flexibility index (Phi) is 5.10. The minimum absolute atomic E-state index is 0.110. The summed E-state index contributed by atoms with van der Waals surface area (Å²) in [4.78, 5) is 47.1. The largest absolute Gasteiger partial charge is 0.453 e. The number of piperidine rings is 1. The lowest BCUT2D eigenvalue weighted by molar-refractivity contribution is -0.136. The van der Waals surface area contributed by atoms with E-state index in [9.17, 15) is 14.4 Å². The third-order valence-electron chi connectivity index (χ3n) is 5.75. The Labute approximate surface area is 176 Å². The second-order valence-corrected chi connectivity index (χ2v) is 8.95. The molecule has 2 fully saturated rings. The smallest absolute Gasteiger partial charge is 0.407 e. The molecule has 0 bridgehead atoms. The lowest BCUT2D eigenvalue weighted by atomic mass is 10.0. The number of aromatic nitrogens is 2. The van der Waals surface area contributed by atoms with Crippen molar-refractivity contribution >= 4 is 38.8 Å². The molecule has 0 radical (unpaired) electrons. The average Bonchev–Trinajstić information content (AvgIpc) is 3.35. The Morgan fingerprint density at radius 1 is 1.34 bits per heavy atom. The number of carbonyl (C=O) groups excluding carboxylic acids is 2. The van der Waals surface area contributed by atoms with Crippen LogP contribution in [0.1, 0.15) is 38.6 Å². The van der Waals surface area contributed by atoms with Crippen LogP contribution in [-0.4, -0.2) is 46.1 Å². The molecular formula is C20H23BrN4O4. The van der Waals surface area contributed by atoms with Crippen molar-refractivity contribution in [1.82, 2.24) is 20.2 Å². The number of halogens is 1. The highest BCUT2D eigenvalue weighted by Gasteiger charge is 2.56. The zero-order valence-corrected chi connectivity index (χ0v) is 18.0. The lowest BCUT2D eigenvalue weighted by Crippen LogP contribution is -2.52. The van der Waals surface area contributed by atoms with E-state index in [0.29, 0.717) is 22.6 Å². The maximum atomic E-state index is 13.4. The Balaban J connectivity index is 1.68. The second-order valence-electron chi connectivity index (χ2n) is 8.03. The quantitative estimate of drug-likeness (QED) is 0.726. The van der Waals surface area contributed by atoms with Gasteiger partial charge in [-0.15, -0.1) is 0 Å². The van der Waals surface area contributed by atoms with Gasteiger partial charge in [-0.3, -0.25) is 9.59 Å². The number of benzene rings is 1. The first-order valence-corrected chi connectivity index (χ1v) is 10.5. The van der Waals surface area contributed by atoms with Gasteiger partial charge in [-0.1, -0.05) is 29.8 Å². The summed E-state index contributed by atoms with van der Waals surface area (Å²) >= 11 is 3.37. The van der Waals surface area contributed by atoms with Crippen molar-refractivity contribution in [2.45, 2.75) is 44.8 Å². The van der Waals surface area contributed by atoms with Gasteiger partial charge in [0.05, 0.1) is 24.1 Å². The van der Waals surface area contributed by atoms with E-state index in [0.717, 1.165) is 17.3 Å². The van der Waals surface area contributed by atoms with Crippen molar-refractivity contribution in [2.24, 2.45) is 11.8 Å². The molecule has 1 saturated carbocycles. The first kappa shape index (κ1) is 19.9. The Hall–Kier alpha value is -2.42. The molecule has 2 amide bonds. The standard InChI is InChI=1S/C20H23BrN4O4/c1-9(2)16(23-20(28)29-3)19(27)25-14-6-10(14)7-15(25)17-22-13-5-4-11(21)8-12(13)18(26)24-17/h4-5,8-10,14-16H,6-7H2,1-3H3,(H,23,28)(H,22,24,26)/t10?,14?,15-,16-/m0/s1. The van der Waals surface area contributed by atoms with E-state index in [4.69, 9.17) is 0 Å². The van der Waals surface area contributed by atoms with Gasteiger partial charge in [0.2, 0.25) is 5.91 Å². The zero-order valence-electron chi connectivity index (χ0n) is 16.4. The lowest BCUT2D eigenvalue weighted by Gasteiger charge is -2.32. The summed E-state index contributed by atoms with van der Waals surface area (Å²) in [6, 6.07) is 4.47. The summed E-state index contributed by atoms with van der Waals surface area (Å²) in [6.07, 6.45) is 1.06. The van der Waals surface area contributed by atoms with Gasteiger partial charge in [0, 0.05) is 10.5 Å². The molecule has 2 N–H and O–H groups in total. The normalized spacial score (nSPS) is 23.8. The molecule has 9 heteroatoms. The van der Waals surface area contributed by atoms with Gasteiger partial charge in [0.1, 0.15) is 11.9 Å². The zero-order chi connectivity index (χ0) is 20.9. The monoisotopic (exact) mass is 462 g/mol. The van der Waals surface area contributed by atoms with Crippen molar-refractivity contribution in [3.8, 4) is 0 Å². The van der Waals surface area contributed by atoms with E-state index in [1.165, 1.54) is 7.11 Å². The maximum absolute atomic E-state index is 13.4. The Morgan fingerprint density at radius 3 is 2.79 bits per heavy atom. The minimum atomic E-state index is -0.701. The Bertz CT molecular complexity index is 1040. The fraction of sp³-hybridized carbons (Fsp3) is 0.500. The number of carbonyl (C=O) groups is 2. The van der Waals surface area contributed by atoms with Gasteiger partial charge in [0.15, 0.2) is 0 Å². The molecule has 4 atom stereocenters. The number of amides is 2. The molecule has 4 rings (SSSR count). The molecule has 8 nitrogen and oxygen atoms in total. The second kappa shape index (κ2) is 7.44. The number of hydrogen-bond acceptors (Lipinski definition) is 5. The van der Waals surface area contributed by atoms with Crippen LogP contribution in [0.15, 0.2) is 27.5 Å². The fourth-order valence-corrected chi connectivity index (χ4v) is 4.53. The van der Waals surface area contributed by atoms with Gasteiger partial charge < -0.3 is 19.9 Å². The molecule has 29 heavy (non-hydrogen) atoms. The van der Waals surface area contributed by atoms with Crippen LogP contribution < -0.4 is 10.9 Å². The predicted octanol–water partition coefficient (Wildman–Crippen LogP) is 2.73. The van der Waals surface area contributed by atoms with E-state index in [1.54, 1.807) is 17.0 Å². The van der Waals surface area contributed by atoms with E-state index in [2.05, 4.69) is 36.0 Å². The van der Waals surface area contributed by atoms with E-state index >= 15 is 0 Å². The molecule has 2 unspecified atom stereocenters. The van der Waals surface area contributed by atoms with Gasteiger partial charge in [-0.05, 0) is 42.9 Å². The molecule has 0 spiro atoms. The number of alkyl carbamates (subject to hydrolysis) is 1. The molecule has 1 aliphatic carbocycles. The number of rotatable bonds is 4. The van der Waals surface area contributed by atoms with E-state index in [-0.39, 0.29) is 29.5 Å². The van der Waals surface area contributed by atoms with Crippen LogP contribution in [-0.2, 0) is 9.53 Å². The number of hydrogen-bond donors (Lipinski definition) is 2. The third-order valence-corrected chi connectivity index (χ3v) is 6.24. The van der Waals surface area contributed by atoms with Gasteiger partial charge >= 0.3 is 6.09 Å². The molecule has 2 aromatic rings. The summed E-state index contributed by atoms with van der Waals surface area (Å²) in [7, 11) is 1.27. The highest BCUT2D eigenvalue weighted by atomic mass is 79.9. The molecule has 1 aliphatic heterocycles. The maximum Gasteiger partial charge on any atom is 0.407 e. The molecular weight excluding hydrogens is 440 g/mol. The molecule has 1 saturated heterocycles. The summed E-state index contributed by atoms with van der Waals surface area (Å²) in [5.41, 5.74) is 0.361. The van der Waals surface area contributed by atoms with Crippen LogP contribution in [0.2, 0.25) is 0 Å². The van der Waals surface area contributed by atoms with Crippen LogP contribution in [0.5, 0.6) is 0 Å². The van der Waals surface area contributed by atoms with Crippen molar-refractivity contribution in [1.29, 1.82) is 0 Å². The number of nitrogens with one attached hydrogen (secondary N) is 2. The van der Waals surface area contributed by atoms with E-state index in [1.807, 2.05) is 19.9 Å². The number of nitrogens with zero attached hydrogens (tertiary/aromatic N) is 2. The highest BCUT2D eigenvalue weighted by molar-refractivity contribution is 9.10. The molecule has 154 valence electrons. The topological polar surface area (TPSA) is 104 Å². The van der Waals surface area contributed by atoms with Crippen LogP contribution >= 0.6 is 15.9 Å². The first-order valence-electron chi connectivity index (χ1n) is 9.66. The number of aromatic amines is 1. The summed E-state index contributed by atoms with van der Waals surface area (Å²) in [5, 5.41) is 3.15. The fourth-order valence-electron chi connectivity index (χ4n) is 4.16. The van der Waals surface area contributed by atoms with Crippen LogP contribution in [0.4, 0.5) is 4.79 Å². The van der Waals surface area contributed by atoms with E-state index < -0.39 is 12.1 Å².